The standard InChI is InChI=1S/C20H27N3O4/c1-2-27-18(24)7-10-22-19(25)15-3-4-16-13-23(20(26)17(16)11-15)12-14-5-8-21-9-6-14/h3-4,11,14,21H,2,5-10,12-13H2,1H3,(H,22,25). The Hall–Kier alpha value is -2.41. The molecular formula is C20H27N3O4. The fourth-order valence-corrected chi connectivity index (χ4v) is 3.64. The third-order valence-electron chi connectivity index (χ3n) is 5.11. The van der Waals surface area contributed by atoms with Crippen LogP contribution in [-0.2, 0) is 16.1 Å². The molecule has 0 radical (unpaired) electrons. The first-order valence-electron chi connectivity index (χ1n) is 9.65. The predicted octanol–water partition coefficient (Wildman–Crippen LogP) is 1.32. The SMILES string of the molecule is CCOC(=O)CCNC(=O)c1ccc2c(c1)C(=O)N(CC1CCNCC1)C2. The first kappa shape index (κ1) is 19.4. The highest BCUT2D eigenvalue weighted by Crippen LogP contribution is 2.26. The smallest absolute Gasteiger partial charge is 0.307 e. The maximum Gasteiger partial charge on any atom is 0.307 e. The third-order valence-corrected chi connectivity index (χ3v) is 5.11. The fraction of sp³-hybridized carbons (Fsp3) is 0.550. The highest BCUT2D eigenvalue weighted by atomic mass is 16.5. The van der Waals surface area contributed by atoms with Crippen molar-refractivity contribution < 1.29 is 19.1 Å². The van der Waals surface area contributed by atoms with Crippen LogP contribution in [0, 0.1) is 5.92 Å². The summed E-state index contributed by atoms with van der Waals surface area (Å²) in [6.45, 7) is 5.69. The van der Waals surface area contributed by atoms with Crippen LogP contribution in [0.2, 0.25) is 0 Å². The van der Waals surface area contributed by atoms with Crippen LogP contribution in [0.3, 0.4) is 0 Å². The van der Waals surface area contributed by atoms with Gasteiger partial charge in [0.2, 0.25) is 0 Å². The Balaban J connectivity index is 1.57. The summed E-state index contributed by atoms with van der Waals surface area (Å²) < 4.78 is 4.83. The van der Waals surface area contributed by atoms with Crippen LogP contribution in [0.4, 0.5) is 0 Å². The van der Waals surface area contributed by atoms with Gasteiger partial charge in [-0.15, -0.1) is 0 Å². The second-order valence-electron chi connectivity index (χ2n) is 7.06. The van der Waals surface area contributed by atoms with Crippen molar-refractivity contribution in [3.8, 4) is 0 Å². The molecule has 1 saturated heterocycles. The van der Waals surface area contributed by atoms with Crippen LogP contribution in [-0.4, -0.2) is 55.5 Å². The van der Waals surface area contributed by atoms with Crippen molar-refractivity contribution in [1.82, 2.24) is 15.5 Å². The lowest BCUT2D eigenvalue weighted by atomic mass is 9.98. The second kappa shape index (κ2) is 8.99. The minimum atomic E-state index is -0.338. The van der Waals surface area contributed by atoms with Crippen molar-refractivity contribution in [2.45, 2.75) is 32.7 Å². The van der Waals surface area contributed by atoms with Crippen LogP contribution in [0.15, 0.2) is 18.2 Å². The summed E-state index contributed by atoms with van der Waals surface area (Å²) in [5, 5.41) is 6.04. The maximum atomic E-state index is 12.7. The number of hydrogen-bond acceptors (Lipinski definition) is 5. The number of nitrogens with one attached hydrogen (secondary N) is 2. The lowest BCUT2D eigenvalue weighted by Gasteiger charge is -2.27. The average Bonchev–Trinajstić information content (AvgIpc) is 2.98. The van der Waals surface area contributed by atoms with Gasteiger partial charge in [-0.05, 0) is 56.5 Å². The summed E-state index contributed by atoms with van der Waals surface area (Å²) in [4.78, 5) is 38.3. The number of nitrogens with zero attached hydrogens (tertiary/aromatic N) is 1. The van der Waals surface area contributed by atoms with Crippen molar-refractivity contribution in [2.75, 3.05) is 32.8 Å². The number of fused-ring (bicyclic) bond motifs is 1. The van der Waals surface area contributed by atoms with Gasteiger partial charge in [0.15, 0.2) is 0 Å². The van der Waals surface area contributed by atoms with Crippen LogP contribution in [0.1, 0.15) is 52.5 Å². The zero-order valence-electron chi connectivity index (χ0n) is 15.8. The molecule has 0 aromatic heterocycles. The number of piperidine rings is 1. The molecule has 2 heterocycles. The van der Waals surface area contributed by atoms with E-state index in [9.17, 15) is 14.4 Å². The molecule has 7 heteroatoms. The Kier molecular flexibility index (Phi) is 6.45. The largest absolute Gasteiger partial charge is 0.466 e. The molecule has 1 aromatic carbocycles. The van der Waals surface area contributed by atoms with Crippen LogP contribution in [0.25, 0.3) is 0 Å². The molecule has 7 nitrogen and oxygen atoms in total. The predicted molar refractivity (Wildman–Crippen MR) is 100 cm³/mol. The molecular weight excluding hydrogens is 346 g/mol. The van der Waals surface area contributed by atoms with Gasteiger partial charge in [-0.25, -0.2) is 0 Å². The van der Waals surface area contributed by atoms with E-state index in [1.54, 1.807) is 19.1 Å². The number of carbonyl (C=O) groups is 3. The summed E-state index contributed by atoms with van der Waals surface area (Å²) in [5.74, 6) is -0.0814. The zero-order valence-corrected chi connectivity index (χ0v) is 15.8. The molecule has 146 valence electrons. The molecule has 0 bridgehead atoms. The molecule has 2 aliphatic heterocycles. The van der Waals surface area contributed by atoms with E-state index in [4.69, 9.17) is 4.74 Å². The monoisotopic (exact) mass is 373 g/mol. The van der Waals surface area contributed by atoms with Gasteiger partial charge in [0.1, 0.15) is 0 Å². The van der Waals surface area contributed by atoms with Crippen LogP contribution >= 0.6 is 0 Å². The van der Waals surface area contributed by atoms with E-state index in [0.29, 0.717) is 30.2 Å². The molecule has 1 fully saturated rings. The Morgan fingerprint density at radius 3 is 2.81 bits per heavy atom. The van der Waals surface area contributed by atoms with Crippen LogP contribution < -0.4 is 10.6 Å². The highest BCUT2D eigenvalue weighted by molar-refractivity contribution is 6.02. The Bertz CT molecular complexity index is 713. The van der Waals surface area contributed by atoms with E-state index in [2.05, 4.69) is 10.6 Å². The summed E-state index contributed by atoms with van der Waals surface area (Å²) in [6, 6.07) is 5.26. The number of carbonyl (C=O) groups excluding carboxylic acids is 3. The van der Waals surface area contributed by atoms with Crippen molar-refractivity contribution in [2.24, 2.45) is 5.92 Å². The first-order valence-corrected chi connectivity index (χ1v) is 9.65. The van der Waals surface area contributed by atoms with Crippen LogP contribution in [0.5, 0.6) is 0 Å². The summed E-state index contributed by atoms with van der Waals surface area (Å²) in [6.07, 6.45) is 2.32. The molecule has 0 atom stereocenters. The van der Waals surface area contributed by atoms with Crippen molar-refractivity contribution in [3.05, 3.63) is 34.9 Å². The molecule has 1 aromatic rings. The van der Waals surface area contributed by atoms with Gasteiger partial charge in [-0.1, -0.05) is 6.07 Å². The summed E-state index contributed by atoms with van der Waals surface area (Å²) in [5.41, 5.74) is 2.02. The van der Waals surface area contributed by atoms with E-state index in [1.165, 1.54) is 0 Å². The van der Waals surface area contributed by atoms with Crippen molar-refractivity contribution >= 4 is 17.8 Å². The molecule has 0 aliphatic carbocycles. The zero-order chi connectivity index (χ0) is 19.2. The Morgan fingerprint density at radius 2 is 2.07 bits per heavy atom. The molecule has 27 heavy (non-hydrogen) atoms. The molecule has 3 rings (SSSR count). The number of benzene rings is 1. The average molecular weight is 373 g/mol. The minimum absolute atomic E-state index is 0.00436. The van der Waals surface area contributed by atoms with Gasteiger partial charge in [0.25, 0.3) is 11.8 Å². The van der Waals surface area contributed by atoms with Gasteiger partial charge >= 0.3 is 5.97 Å². The van der Waals surface area contributed by atoms with E-state index in [0.717, 1.165) is 38.0 Å². The number of ether oxygens (including phenoxy) is 1. The number of hydrogen-bond donors (Lipinski definition) is 2. The van der Waals surface area contributed by atoms with Crippen molar-refractivity contribution in [3.63, 3.8) is 0 Å². The normalized spacial score (nSPS) is 16.9. The number of amides is 2. The fourth-order valence-electron chi connectivity index (χ4n) is 3.64. The summed E-state index contributed by atoms with van der Waals surface area (Å²) >= 11 is 0. The Labute approximate surface area is 159 Å². The van der Waals surface area contributed by atoms with E-state index >= 15 is 0 Å². The maximum absolute atomic E-state index is 12.7. The molecule has 0 unspecified atom stereocenters. The Morgan fingerprint density at radius 1 is 1.30 bits per heavy atom. The van der Waals surface area contributed by atoms with E-state index < -0.39 is 0 Å². The molecule has 2 aliphatic rings. The number of rotatable bonds is 7. The summed E-state index contributed by atoms with van der Waals surface area (Å²) in [7, 11) is 0. The molecule has 0 saturated carbocycles. The lowest BCUT2D eigenvalue weighted by Crippen LogP contribution is -2.36. The van der Waals surface area contributed by atoms with Gasteiger partial charge < -0.3 is 20.3 Å². The first-order chi connectivity index (χ1) is 13.1. The minimum Gasteiger partial charge on any atom is -0.466 e. The topological polar surface area (TPSA) is 87.7 Å². The second-order valence-corrected chi connectivity index (χ2v) is 7.06. The van der Waals surface area contributed by atoms with Gasteiger partial charge in [-0.3, -0.25) is 14.4 Å². The molecule has 0 spiro atoms. The van der Waals surface area contributed by atoms with E-state index in [-0.39, 0.29) is 30.7 Å². The van der Waals surface area contributed by atoms with Gasteiger partial charge in [-0.2, -0.15) is 0 Å². The van der Waals surface area contributed by atoms with Gasteiger partial charge in [0, 0.05) is 30.8 Å². The third kappa shape index (κ3) is 4.86. The lowest BCUT2D eigenvalue weighted by molar-refractivity contribution is -0.142. The van der Waals surface area contributed by atoms with Gasteiger partial charge in [0.05, 0.1) is 13.0 Å². The van der Waals surface area contributed by atoms with E-state index in [1.807, 2.05) is 11.0 Å². The molecule has 2 amide bonds. The highest BCUT2D eigenvalue weighted by Gasteiger charge is 2.30. The van der Waals surface area contributed by atoms with Crippen molar-refractivity contribution in [1.29, 1.82) is 0 Å². The molecule has 2 N–H and O–H groups in total. The quantitative estimate of drug-likeness (QED) is 0.704. The number of esters is 1.